The molecule has 0 radical (unpaired) electrons. The average molecular weight is 286 g/mol. The minimum Gasteiger partial charge on any atom is -0.482 e. The normalized spacial score (nSPS) is 17.5. The molecule has 0 amide bonds. The lowest BCUT2D eigenvalue weighted by Gasteiger charge is -2.10. The molecule has 2 aromatic rings. The van der Waals surface area contributed by atoms with E-state index in [1.54, 1.807) is 6.07 Å². The minimum absolute atomic E-state index is 0.234. The van der Waals surface area contributed by atoms with E-state index >= 15 is 0 Å². The molecule has 5 nitrogen and oxygen atoms in total. The third-order valence-corrected chi connectivity index (χ3v) is 3.24. The molecule has 1 atom stereocenters. The van der Waals surface area contributed by atoms with Crippen LogP contribution in [0.25, 0.3) is 10.8 Å². The number of ether oxygens (including phenoxy) is 3. The van der Waals surface area contributed by atoms with Gasteiger partial charge in [0, 0.05) is 6.42 Å². The second-order valence-corrected chi connectivity index (χ2v) is 4.73. The largest absolute Gasteiger partial charge is 0.482 e. The van der Waals surface area contributed by atoms with Crippen LogP contribution >= 0.6 is 0 Å². The summed E-state index contributed by atoms with van der Waals surface area (Å²) in [6, 6.07) is 13.4. The number of hydrogen-bond donors (Lipinski definition) is 0. The van der Waals surface area contributed by atoms with Crippen LogP contribution in [0, 0.1) is 0 Å². The van der Waals surface area contributed by atoms with E-state index in [0.717, 1.165) is 10.8 Å². The second kappa shape index (κ2) is 5.83. The van der Waals surface area contributed by atoms with E-state index in [4.69, 9.17) is 14.2 Å². The summed E-state index contributed by atoms with van der Waals surface area (Å²) in [4.78, 5) is 22.8. The number of cyclic esters (lactones) is 1. The zero-order chi connectivity index (χ0) is 14.7. The smallest absolute Gasteiger partial charge is 0.347 e. The summed E-state index contributed by atoms with van der Waals surface area (Å²) < 4.78 is 15.1. The van der Waals surface area contributed by atoms with Gasteiger partial charge in [-0.2, -0.15) is 0 Å². The first-order valence-corrected chi connectivity index (χ1v) is 6.70. The molecule has 0 unspecified atom stereocenters. The third kappa shape index (κ3) is 3.13. The fraction of sp³-hybridized carbons (Fsp3) is 0.250. The van der Waals surface area contributed by atoms with Crippen molar-refractivity contribution in [3.63, 3.8) is 0 Å². The van der Waals surface area contributed by atoms with Crippen molar-refractivity contribution >= 4 is 22.7 Å². The van der Waals surface area contributed by atoms with E-state index in [-0.39, 0.29) is 6.61 Å². The Labute approximate surface area is 121 Å². The summed E-state index contributed by atoms with van der Waals surface area (Å²) >= 11 is 0. The molecule has 1 aliphatic rings. The first-order chi connectivity index (χ1) is 10.2. The van der Waals surface area contributed by atoms with Gasteiger partial charge in [-0.05, 0) is 22.9 Å². The Morgan fingerprint density at radius 3 is 2.76 bits per heavy atom. The van der Waals surface area contributed by atoms with Crippen LogP contribution in [0.4, 0.5) is 0 Å². The van der Waals surface area contributed by atoms with E-state index in [1.807, 2.05) is 36.4 Å². The zero-order valence-corrected chi connectivity index (χ0v) is 11.3. The molecular weight excluding hydrogens is 272 g/mol. The lowest BCUT2D eigenvalue weighted by atomic mass is 10.1. The second-order valence-electron chi connectivity index (χ2n) is 4.73. The summed E-state index contributed by atoms with van der Waals surface area (Å²) in [5, 5.41) is 2.13. The van der Waals surface area contributed by atoms with Gasteiger partial charge in [-0.15, -0.1) is 0 Å². The SMILES string of the molecule is O=C(COc1ccc2ccccc2c1)O[C@@H]1CCOC1=O. The molecule has 0 saturated carbocycles. The predicted molar refractivity (Wildman–Crippen MR) is 74.9 cm³/mol. The first kappa shape index (κ1) is 13.4. The maximum atomic E-state index is 11.6. The minimum atomic E-state index is -0.794. The summed E-state index contributed by atoms with van der Waals surface area (Å²) in [6.45, 7) is 0.0600. The standard InChI is InChI=1S/C16H14O5/c17-15(21-14-7-8-19-16(14)18)10-20-13-6-5-11-3-1-2-4-12(11)9-13/h1-6,9,14H,7-8,10H2/t14-/m1/s1. The van der Waals surface area contributed by atoms with Crippen LogP contribution in [-0.4, -0.2) is 31.3 Å². The zero-order valence-electron chi connectivity index (χ0n) is 11.3. The van der Waals surface area contributed by atoms with Crippen molar-refractivity contribution in [2.45, 2.75) is 12.5 Å². The molecule has 0 aliphatic carbocycles. The topological polar surface area (TPSA) is 61.8 Å². The lowest BCUT2D eigenvalue weighted by molar-refractivity contribution is -0.161. The van der Waals surface area contributed by atoms with Crippen molar-refractivity contribution in [3.05, 3.63) is 42.5 Å². The van der Waals surface area contributed by atoms with E-state index in [1.165, 1.54) is 0 Å². The molecule has 5 heteroatoms. The van der Waals surface area contributed by atoms with E-state index in [0.29, 0.717) is 18.8 Å². The molecule has 2 aromatic carbocycles. The highest BCUT2D eigenvalue weighted by molar-refractivity contribution is 5.84. The molecule has 21 heavy (non-hydrogen) atoms. The lowest BCUT2D eigenvalue weighted by Crippen LogP contribution is -2.26. The molecule has 0 aromatic heterocycles. The van der Waals surface area contributed by atoms with E-state index in [2.05, 4.69) is 0 Å². The Kier molecular flexibility index (Phi) is 3.73. The van der Waals surface area contributed by atoms with Gasteiger partial charge in [0.25, 0.3) is 0 Å². The number of hydrogen-bond acceptors (Lipinski definition) is 5. The third-order valence-electron chi connectivity index (χ3n) is 3.24. The quantitative estimate of drug-likeness (QED) is 0.805. The summed E-state index contributed by atoms with van der Waals surface area (Å²) in [5.74, 6) is -0.485. The molecule has 1 saturated heterocycles. The van der Waals surface area contributed by atoms with Gasteiger partial charge in [0.15, 0.2) is 6.61 Å². The molecule has 1 aliphatic heterocycles. The first-order valence-electron chi connectivity index (χ1n) is 6.70. The summed E-state index contributed by atoms with van der Waals surface area (Å²) in [5.41, 5.74) is 0. The van der Waals surface area contributed by atoms with Crippen LogP contribution in [0.15, 0.2) is 42.5 Å². The van der Waals surface area contributed by atoms with Crippen LogP contribution < -0.4 is 4.74 Å². The van der Waals surface area contributed by atoms with Gasteiger partial charge in [-0.25, -0.2) is 9.59 Å². The highest BCUT2D eigenvalue weighted by Crippen LogP contribution is 2.20. The van der Waals surface area contributed by atoms with Gasteiger partial charge in [0.2, 0.25) is 6.10 Å². The van der Waals surface area contributed by atoms with Crippen molar-refractivity contribution in [1.82, 2.24) is 0 Å². The molecule has 3 rings (SSSR count). The van der Waals surface area contributed by atoms with Gasteiger partial charge in [-0.1, -0.05) is 30.3 Å². The molecular formula is C16H14O5. The van der Waals surface area contributed by atoms with E-state index < -0.39 is 18.0 Å². The van der Waals surface area contributed by atoms with Gasteiger partial charge >= 0.3 is 11.9 Å². The molecule has 0 bridgehead atoms. The Morgan fingerprint density at radius 1 is 1.19 bits per heavy atom. The Morgan fingerprint density at radius 2 is 2.00 bits per heavy atom. The van der Waals surface area contributed by atoms with Crippen LogP contribution in [0.1, 0.15) is 6.42 Å². The van der Waals surface area contributed by atoms with Crippen molar-refractivity contribution in [3.8, 4) is 5.75 Å². The molecule has 0 N–H and O–H groups in total. The number of carbonyl (C=O) groups is 2. The average Bonchev–Trinajstić information content (AvgIpc) is 2.90. The van der Waals surface area contributed by atoms with Crippen LogP contribution in [0.2, 0.25) is 0 Å². The predicted octanol–water partition coefficient (Wildman–Crippen LogP) is 2.08. The summed E-state index contributed by atoms with van der Waals surface area (Å²) in [6.07, 6.45) is -0.390. The van der Waals surface area contributed by atoms with Gasteiger partial charge in [0.1, 0.15) is 5.75 Å². The number of rotatable bonds is 4. The van der Waals surface area contributed by atoms with Crippen molar-refractivity contribution in [2.75, 3.05) is 13.2 Å². The molecule has 108 valence electrons. The fourth-order valence-electron chi connectivity index (χ4n) is 2.18. The highest BCUT2D eigenvalue weighted by atomic mass is 16.6. The highest BCUT2D eigenvalue weighted by Gasteiger charge is 2.30. The maximum absolute atomic E-state index is 11.6. The number of fused-ring (bicyclic) bond motifs is 1. The van der Waals surface area contributed by atoms with Crippen LogP contribution in [-0.2, 0) is 19.1 Å². The molecule has 0 spiro atoms. The Hall–Kier alpha value is -2.56. The number of esters is 2. The van der Waals surface area contributed by atoms with Gasteiger partial charge in [-0.3, -0.25) is 0 Å². The monoisotopic (exact) mass is 286 g/mol. The van der Waals surface area contributed by atoms with Crippen LogP contribution in [0.5, 0.6) is 5.75 Å². The number of carbonyl (C=O) groups excluding carboxylic acids is 2. The van der Waals surface area contributed by atoms with Crippen molar-refractivity contribution in [1.29, 1.82) is 0 Å². The Bertz CT molecular complexity index is 679. The van der Waals surface area contributed by atoms with Crippen molar-refractivity contribution < 1.29 is 23.8 Å². The molecule has 1 heterocycles. The Balaban J connectivity index is 1.58. The summed E-state index contributed by atoms with van der Waals surface area (Å²) in [7, 11) is 0. The van der Waals surface area contributed by atoms with Crippen molar-refractivity contribution in [2.24, 2.45) is 0 Å². The van der Waals surface area contributed by atoms with Gasteiger partial charge in [0.05, 0.1) is 6.61 Å². The van der Waals surface area contributed by atoms with E-state index in [9.17, 15) is 9.59 Å². The maximum Gasteiger partial charge on any atom is 0.347 e. The number of benzene rings is 2. The molecule has 1 fully saturated rings. The fourth-order valence-corrected chi connectivity index (χ4v) is 2.18. The van der Waals surface area contributed by atoms with Gasteiger partial charge < -0.3 is 14.2 Å². The van der Waals surface area contributed by atoms with Crippen LogP contribution in [0.3, 0.4) is 0 Å².